The maximum absolute atomic E-state index is 13.3. The second-order valence-electron chi connectivity index (χ2n) is 6.80. The minimum absolute atomic E-state index is 0.0646. The largest absolute Gasteiger partial charge is 0.477 e. The number of ether oxygens (including phenoxy) is 1. The molecule has 0 bridgehead atoms. The summed E-state index contributed by atoms with van der Waals surface area (Å²) in [5.74, 6) is 0.349. The van der Waals surface area contributed by atoms with E-state index in [2.05, 4.69) is 0 Å². The molecule has 134 valence electrons. The average molecular weight is 349 g/mol. The molecule has 1 heterocycles. The summed E-state index contributed by atoms with van der Waals surface area (Å²) in [4.78, 5) is 27.4. The Bertz CT molecular complexity index is 842. The van der Waals surface area contributed by atoms with Crippen LogP contribution in [0.4, 0.5) is 0 Å². The summed E-state index contributed by atoms with van der Waals surface area (Å²) in [6.07, 6.45) is 0.444. The van der Waals surface area contributed by atoms with Crippen LogP contribution in [0.3, 0.4) is 0 Å². The molecule has 0 radical (unpaired) electrons. The van der Waals surface area contributed by atoms with Gasteiger partial charge in [-0.25, -0.2) is 0 Å². The lowest BCUT2D eigenvalue weighted by Gasteiger charge is -2.42. The van der Waals surface area contributed by atoms with Crippen LogP contribution in [0, 0.1) is 0 Å². The summed E-state index contributed by atoms with van der Waals surface area (Å²) in [6.45, 7) is 5.21. The van der Waals surface area contributed by atoms with Gasteiger partial charge in [-0.3, -0.25) is 14.5 Å². The molecule has 1 aliphatic rings. The number of nitrogens with zero attached hydrogens (tertiary/aromatic N) is 1. The number of amides is 1. The SMILES string of the molecule is CC(=O)C(C)(Cc1ccccc1)N1COC(C)=C(c2ccccc2)C1=O. The first-order valence-corrected chi connectivity index (χ1v) is 8.69. The molecule has 4 nitrogen and oxygen atoms in total. The van der Waals surface area contributed by atoms with Crippen LogP contribution >= 0.6 is 0 Å². The van der Waals surface area contributed by atoms with Gasteiger partial charge in [-0.2, -0.15) is 0 Å². The number of carbonyl (C=O) groups excluding carboxylic acids is 2. The average Bonchev–Trinajstić information content (AvgIpc) is 2.63. The van der Waals surface area contributed by atoms with E-state index in [0.29, 0.717) is 17.8 Å². The highest BCUT2D eigenvalue weighted by atomic mass is 16.5. The van der Waals surface area contributed by atoms with Crippen LogP contribution in [0.15, 0.2) is 66.4 Å². The number of benzene rings is 2. The van der Waals surface area contributed by atoms with Crippen LogP contribution < -0.4 is 0 Å². The predicted octanol–water partition coefficient (Wildman–Crippen LogP) is 3.82. The number of hydrogen-bond donors (Lipinski definition) is 0. The van der Waals surface area contributed by atoms with Crippen molar-refractivity contribution in [3.8, 4) is 0 Å². The maximum Gasteiger partial charge on any atom is 0.261 e. The van der Waals surface area contributed by atoms with Gasteiger partial charge in [0.25, 0.3) is 5.91 Å². The van der Waals surface area contributed by atoms with Crippen molar-refractivity contribution in [2.45, 2.75) is 32.7 Å². The quantitative estimate of drug-likeness (QED) is 0.824. The highest BCUT2D eigenvalue weighted by Gasteiger charge is 2.43. The fraction of sp³-hybridized carbons (Fsp3) is 0.273. The first-order chi connectivity index (χ1) is 12.4. The van der Waals surface area contributed by atoms with E-state index in [9.17, 15) is 9.59 Å². The number of Topliss-reactive ketones (excluding diaryl/α,β-unsaturated/α-hetero) is 1. The van der Waals surface area contributed by atoms with Crippen molar-refractivity contribution in [2.75, 3.05) is 6.73 Å². The van der Waals surface area contributed by atoms with Crippen molar-refractivity contribution in [2.24, 2.45) is 0 Å². The van der Waals surface area contributed by atoms with Gasteiger partial charge in [0.1, 0.15) is 11.3 Å². The number of ketones is 1. The van der Waals surface area contributed by atoms with Gasteiger partial charge in [0.2, 0.25) is 0 Å². The van der Waals surface area contributed by atoms with Gasteiger partial charge >= 0.3 is 0 Å². The molecule has 1 amide bonds. The van der Waals surface area contributed by atoms with Crippen molar-refractivity contribution >= 4 is 17.3 Å². The third-order valence-corrected chi connectivity index (χ3v) is 5.03. The molecule has 1 aliphatic heterocycles. The number of allylic oxidation sites excluding steroid dienone is 1. The summed E-state index contributed by atoms with van der Waals surface area (Å²) in [7, 11) is 0. The van der Waals surface area contributed by atoms with E-state index in [4.69, 9.17) is 4.74 Å². The second-order valence-corrected chi connectivity index (χ2v) is 6.80. The maximum atomic E-state index is 13.3. The molecule has 2 aromatic rings. The van der Waals surface area contributed by atoms with E-state index in [0.717, 1.165) is 11.1 Å². The van der Waals surface area contributed by atoms with Crippen molar-refractivity contribution < 1.29 is 14.3 Å². The predicted molar refractivity (Wildman–Crippen MR) is 101 cm³/mol. The fourth-order valence-corrected chi connectivity index (χ4v) is 3.28. The Hall–Kier alpha value is -2.88. The molecule has 0 saturated heterocycles. The van der Waals surface area contributed by atoms with Crippen LogP contribution in [-0.4, -0.2) is 28.9 Å². The van der Waals surface area contributed by atoms with Crippen LogP contribution in [0.1, 0.15) is 31.9 Å². The van der Waals surface area contributed by atoms with Crippen molar-refractivity contribution in [1.82, 2.24) is 4.90 Å². The molecule has 3 rings (SSSR count). The van der Waals surface area contributed by atoms with Crippen molar-refractivity contribution in [3.05, 3.63) is 77.5 Å². The monoisotopic (exact) mass is 349 g/mol. The lowest BCUT2D eigenvalue weighted by molar-refractivity contribution is -0.148. The van der Waals surface area contributed by atoms with Crippen LogP contribution in [0.2, 0.25) is 0 Å². The first kappa shape index (κ1) is 17.9. The van der Waals surface area contributed by atoms with Gasteiger partial charge in [-0.05, 0) is 31.9 Å². The Morgan fingerprint density at radius 1 is 1.08 bits per heavy atom. The molecular weight excluding hydrogens is 326 g/mol. The standard InChI is InChI=1S/C22H23NO3/c1-16-20(19-12-8-5-9-13-19)21(25)23(15-26-16)22(3,17(2)24)14-18-10-6-4-7-11-18/h4-13H,14-15H2,1-3H3. The lowest BCUT2D eigenvalue weighted by atomic mass is 9.86. The van der Waals surface area contributed by atoms with Crippen molar-refractivity contribution in [3.63, 3.8) is 0 Å². The molecular formula is C22H23NO3. The second kappa shape index (κ2) is 7.16. The van der Waals surface area contributed by atoms with Crippen LogP contribution in [-0.2, 0) is 20.7 Å². The molecule has 0 spiro atoms. The minimum atomic E-state index is -0.973. The fourth-order valence-electron chi connectivity index (χ4n) is 3.28. The normalized spacial score (nSPS) is 16.9. The molecule has 2 aromatic carbocycles. The Labute approximate surface area is 154 Å². The zero-order valence-corrected chi connectivity index (χ0v) is 15.4. The molecule has 0 aliphatic carbocycles. The lowest BCUT2D eigenvalue weighted by Crippen LogP contribution is -2.58. The van der Waals surface area contributed by atoms with Crippen LogP contribution in [0.5, 0.6) is 0 Å². The van der Waals surface area contributed by atoms with E-state index >= 15 is 0 Å². The molecule has 0 fully saturated rings. The number of carbonyl (C=O) groups is 2. The third-order valence-electron chi connectivity index (χ3n) is 5.03. The summed E-state index contributed by atoms with van der Waals surface area (Å²) in [6, 6.07) is 19.2. The smallest absolute Gasteiger partial charge is 0.261 e. The van der Waals surface area contributed by atoms with Crippen molar-refractivity contribution in [1.29, 1.82) is 0 Å². The summed E-state index contributed by atoms with van der Waals surface area (Å²) >= 11 is 0. The van der Waals surface area contributed by atoms with Gasteiger partial charge in [0.15, 0.2) is 12.5 Å². The van der Waals surface area contributed by atoms with E-state index < -0.39 is 5.54 Å². The van der Waals surface area contributed by atoms with Gasteiger partial charge in [-0.15, -0.1) is 0 Å². The van der Waals surface area contributed by atoms with E-state index in [1.807, 2.05) is 67.6 Å². The summed E-state index contributed by atoms with van der Waals surface area (Å²) in [5.41, 5.74) is 1.34. The van der Waals surface area contributed by atoms with Gasteiger partial charge < -0.3 is 4.74 Å². The molecule has 0 N–H and O–H groups in total. The Morgan fingerprint density at radius 2 is 1.65 bits per heavy atom. The van der Waals surface area contributed by atoms with Gasteiger partial charge in [0.05, 0.1) is 5.57 Å². The van der Waals surface area contributed by atoms with Gasteiger partial charge in [-0.1, -0.05) is 60.7 Å². The topological polar surface area (TPSA) is 46.6 Å². The highest BCUT2D eigenvalue weighted by molar-refractivity contribution is 6.21. The first-order valence-electron chi connectivity index (χ1n) is 8.69. The molecule has 4 heteroatoms. The zero-order valence-electron chi connectivity index (χ0n) is 15.4. The zero-order chi connectivity index (χ0) is 18.7. The van der Waals surface area contributed by atoms with E-state index in [1.165, 1.54) is 6.92 Å². The Morgan fingerprint density at radius 3 is 2.23 bits per heavy atom. The Balaban J connectivity index is 1.99. The molecule has 1 atom stereocenters. The minimum Gasteiger partial charge on any atom is -0.477 e. The molecule has 1 unspecified atom stereocenters. The Kier molecular flexibility index (Phi) is 4.94. The van der Waals surface area contributed by atoms with Crippen LogP contribution in [0.25, 0.3) is 5.57 Å². The molecule has 0 aromatic heterocycles. The highest BCUT2D eigenvalue weighted by Crippen LogP contribution is 2.32. The number of rotatable bonds is 5. The third kappa shape index (κ3) is 3.27. The van der Waals surface area contributed by atoms with Gasteiger partial charge in [0, 0.05) is 6.42 Å². The molecule has 26 heavy (non-hydrogen) atoms. The van der Waals surface area contributed by atoms with E-state index in [-0.39, 0.29) is 18.4 Å². The summed E-state index contributed by atoms with van der Waals surface area (Å²) < 4.78 is 5.79. The summed E-state index contributed by atoms with van der Waals surface area (Å²) in [5, 5.41) is 0. The number of hydrogen-bond acceptors (Lipinski definition) is 3. The van der Waals surface area contributed by atoms with E-state index in [1.54, 1.807) is 11.8 Å². The molecule has 0 saturated carbocycles.